The van der Waals surface area contributed by atoms with Gasteiger partial charge in [0.25, 0.3) is 11.9 Å². The smallest absolute Gasteiger partial charge is 0.253 e. The number of hydrogen-bond donors (Lipinski definition) is 0. The first-order valence-corrected chi connectivity index (χ1v) is 5.87. The lowest BCUT2D eigenvalue weighted by atomic mass is 10.1. The highest BCUT2D eigenvalue weighted by atomic mass is 19.2. The molecule has 1 aromatic carbocycles. The van der Waals surface area contributed by atoms with E-state index in [0.29, 0.717) is 0 Å². The van der Waals surface area contributed by atoms with E-state index in [4.69, 9.17) is 0 Å². The number of halogens is 4. The highest BCUT2D eigenvalue weighted by Gasteiger charge is 2.23. The highest BCUT2D eigenvalue weighted by Crippen LogP contribution is 2.26. The number of aromatic nitrogens is 1. The Morgan fingerprint density at radius 3 is 2.20 bits per heavy atom. The minimum atomic E-state index is -1.66. The van der Waals surface area contributed by atoms with Gasteiger partial charge < -0.3 is 4.90 Å². The molecular weight excluding hydrogens is 272 g/mol. The van der Waals surface area contributed by atoms with Crippen LogP contribution in [0, 0.1) is 30.5 Å². The fraction of sp³-hybridized carbons (Fsp3) is 0.214. The summed E-state index contributed by atoms with van der Waals surface area (Å²) < 4.78 is 53.3. The van der Waals surface area contributed by atoms with Gasteiger partial charge in [-0.15, -0.1) is 0 Å². The maximum Gasteiger partial charge on any atom is 0.253 e. The van der Waals surface area contributed by atoms with Crippen molar-refractivity contribution in [3.63, 3.8) is 0 Å². The molecule has 0 fully saturated rings. The number of pyridine rings is 1. The van der Waals surface area contributed by atoms with E-state index in [1.54, 1.807) is 12.1 Å². The van der Waals surface area contributed by atoms with Crippen LogP contribution in [0.4, 0.5) is 23.2 Å². The van der Waals surface area contributed by atoms with Crippen LogP contribution in [0.5, 0.6) is 0 Å². The topological polar surface area (TPSA) is 16.1 Å². The molecule has 20 heavy (non-hydrogen) atoms. The second kappa shape index (κ2) is 5.48. The largest absolute Gasteiger partial charge is 0.365 e. The second-order valence-electron chi connectivity index (χ2n) is 4.52. The van der Waals surface area contributed by atoms with Crippen molar-refractivity contribution in [2.24, 2.45) is 0 Å². The SMILES string of the molecule is Cc1cccc(CN(C)c2c(F)c(F)nc(F)c2F)c1. The van der Waals surface area contributed by atoms with Gasteiger partial charge in [0.2, 0.25) is 11.6 Å². The van der Waals surface area contributed by atoms with Crippen LogP contribution in [0.1, 0.15) is 11.1 Å². The lowest BCUT2D eigenvalue weighted by molar-refractivity contribution is 0.407. The van der Waals surface area contributed by atoms with E-state index in [0.717, 1.165) is 16.0 Å². The summed E-state index contributed by atoms with van der Waals surface area (Å²) in [4.78, 5) is 3.63. The predicted octanol–water partition coefficient (Wildman–Crippen LogP) is 3.58. The minimum Gasteiger partial charge on any atom is -0.365 e. The Labute approximate surface area is 113 Å². The summed E-state index contributed by atoms with van der Waals surface area (Å²) in [7, 11) is 1.35. The second-order valence-corrected chi connectivity index (χ2v) is 4.52. The molecule has 0 aliphatic carbocycles. The third-order valence-electron chi connectivity index (χ3n) is 2.86. The van der Waals surface area contributed by atoms with Crippen molar-refractivity contribution in [1.82, 2.24) is 4.98 Å². The molecular formula is C14H12F4N2. The first-order chi connectivity index (χ1) is 9.40. The Morgan fingerprint density at radius 1 is 1.05 bits per heavy atom. The van der Waals surface area contributed by atoms with E-state index in [-0.39, 0.29) is 6.54 Å². The molecule has 0 saturated carbocycles. The van der Waals surface area contributed by atoms with Crippen LogP contribution in [-0.4, -0.2) is 12.0 Å². The first kappa shape index (κ1) is 14.3. The lowest BCUT2D eigenvalue weighted by Gasteiger charge is -2.20. The minimum absolute atomic E-state index is 0.110. The molecule has 0 atom stereocenters. The molecule has 6 heteroatoms. The summed E-state index contributed by atoms with van der Waals surface area (Å²) >= 11 is 0. The number of nitrogens with zero attached hydrogens (tertiary/aromatic N) is 2. The lowest BCUT2D eigenvalue weighted by Crippen LogP contribution is -2.21. The van der Waals surface area contributed by atoms with Crippen molar-refractivity contribution < 1.29 is 17.6 Å². The van der Waals surface area contributed by atoms with E-state index >= 15 is 0 Å². The third kappa shape index (κ3) is 2.74. The maximum atomic E-state index is 13.6. The fourth-order valence-corrected chi connectivity index (χ4v) is 1.97. The predicted molar refractivity (Wildman–Crippen MR) is 67.4 cm³/mol. The molecule has 0 radical (unpaired) electrons. The van der Waals surface area contributed by atoms with Crippen molar-refractivity contribution in [2.75, 3.05) is 11.9 Å². The fourth-order valence-electron chi connectivity index (χ4n) is 1.97. The summed E-state index contributed by atoms with van der Waals surface area (Å²) in [5.74, 6) is -6.32. The molecule has 0 aliphatic rings. The summed E-state index contributed by atoms with van der Waals surface area (Å²) in [5.41, 5.74) is 0.976. The highest BCUT2D eigenvalue weighted by molar-refractivity contribution is 5.48. The van der Waals surface area contributed by atoms with Crippen LogP contribution in [0.25, 0.3) is 0 Å². The van der Waals surface area contributed by atoms with Gasteiger partial charge in [0.1, 0.15) is 5.69 Å². The van der Waals surface area contributed by atoms with Crippen molar-refractivity contribution in [1.29, 1.82) is 0 Å². The van der Waals surface area contributed by atoms with E-state index in [1.165, 1.54) is 7.05 Å². The van der Waals surface area contributed by atoms with Crippen LogP contribution in [0.15, 0.2) is 24.3 Å². The van der Waals surface area contributed by atoms with Gasteiger partial charge >= 0.3 is 0 Å². The van der Waals surface area contributed by atoms with Crippen molar-refractivity contribution in [3.8, 4) is 0 Å². The molecule has 1 aromatic heterocycles. The zero-order valence-corrected chi connectivity index (χ0v) is 10.9. The molecule has 0 N–H and O–H groups in total. The molecule has 1 heterocycles. The Kier molecular flexibility index (Phi) is 3.92. The van der Waals surface area contributed by atoms with Crippen LogP contribution >= 0.6 is 0 Å². The van der Waals surface area contributed by atoms with Gasteiger partial charge in [-0.3, -0.25) is 0 Å². The van der Waals surface area contributed by atoms with Crippen molar-refractivity contribution in [2.45, 2.75) is 13.5 Å². The van der Waals surface area contributed by atoms with Gasteiger partial charge in [0, 0.05) is 13.6 Å². The van der Waals surface area contributed by atoms with Crippen LogP contribution < -0.4 is 4.90 Å². The molecule has 0 spiro atoms. The van der Waals surface area contributed by atoms with Crippen molar-refractivity contribution >= 4 is 5.69 Å². The quantitative estimate of drug-likeness (QED) is 0.632. The molecule has 0 unspecified atom stereocenters. The summed E-state index contributed by atoms with van der Waals surface area (Å²) in [6.07, 6.45) is 0. The van der Waals surface area contributed by atoms with Gasteiger partial charge in [0.05, 0.1) is 0 Å². The van der Waals surface area contributed by atoms with Crippen LogP contribution in [0.2, 0.25) is 0 Å². The molecule has 0 amide bonds. The Morgan fingerprint density at radius 2 is 1.65 bits per heavy atom. The van der Waals surface area contributed by atoms with E-state index in [2.05, 4.69) is 4.98 Å². The zero-order chi connectivity index (χ0) is 14.9. The Bertz CT molecular complexity index is 617. The number of hydrogen-bond acceptors (Lipinski definition) is 2. The summed E-state index contributed by atoms with van der Waals surface area (Å²) in [6.45, 7) is 1.98. The van der Waals surface area contributed by atoms with E-state index in [1.807, 2.05) is 19.1 Å². The Balaban J connectivity index is 2.37. The molecule has 106 valence electrons. The van der Waals surface area contributed by atoms with Gasteiger partial charge in [-0.2, -0.15) is 22.5 Å². The van der Waals surface area contributed by atoms with Crippen molar-refractivity contribution in [3.05, 3.63) is 58.9 Å². The van der Waals surface area contributed by atoms with Gasteiger partial charge in [-0.1, -0.05) is 29.8 Å². The van der Waals surface area contributed by atoms with Crippen LogP contribution in [-0.2, 0) is 6.54 Å². The summed E-state index contributed by atoms with van der Waals surface area (Å²) in [6, 6.07) is 7.24. The molecule has 0 bridgehead atoms. The maximum absolute atomic E-state index is 13.6. The normalized spacial score (nSPS) is 10.7. The van der Waals surface area contributed by atoms with Gasteiger partial charge in [0.15, 0.2) is 0 Å². The molecule has 0 saturated heterocycles. The average molecular weight is 284 g/mol. The van der Waals surface area contributed by atoms with Gasteiger partial charge in [-0.25, -0.2) is 0 Å². The molecule has 2 nitrogen and oxygen atoms in total. The third-order valence-corrected chi connectivity index (χ3v) is 2.86. The number of anilines is 1. The van der Waals surface area contributed by atoms with E-state index in [9.17, 15) is 17.6 Å². The summed E-state index contributed by atoms with van der Waals surface area (Å²) in [5, 5.41) is 0. The zero-order valence-electron chi connectivity index (χ0n) is 10.9. The van der Waals surface area contributed by atoms with Gasteiger partial charge in [-0.05, 0) is 12.5 Å². The molecule has 0 aliphatic heterocycles. The molecule has 2 rings (SSSR count). The first-order valence-electron chi connectivity index (χ1n) is 5.87. The average Bonchev–Trinajstić information content (AvgIpc) is 2.36. The Hall–Kier alpha value is -2.11. The standard InChI is InChI=1S/C14H12F4N2/c1-8-4-3-5-9(6-8)7-20(2)12-10(15)13(17)19-14(18)11(12)16/h3-6H,7H2,1-2H3. The van der Waals surface area contributed by atoms with Crippen LogP contribution in [0.3, 0.4) is 0 Å². The number of rotatable bonds is 3. The number of aryl methyl sites for hydroxylation is 1. The van der Waals surface area contributed by atoms with E-state index < -0.39 is 29.2 Å². The number of benzene rings is 1. The monoisotopic (exact) mass is 284 g/mol. The molecule has 2 aromatic rings.